The monoisotopic (exact) mass is 353 g/mol. The Kier molecular flexibility index (Phi) is 5.93. The van der Waals surface area contributed by atoms with Crippen molar-refractivity contribution in [1.29, 1.82) is 0 Å². The fraction of sp³-hybridized carbons (Fsp3) is 0.286. The molecule has 5 nitrogen and oxygen atoms in total. The van der Waals surface area contributed by atoms with Crippen molar-refractivity contribution in [2.24, 2.45) is 5.41 Å². The van der Waals surface area contributed by atoms with Crippen molar-refractivity contribution in [3.8, 4) is 0 Å². The maximum Gasteiger partial charge on any atom is 0.338 e. The van der Waals surface area contributed by atoms with Gasteiger partial charge < -0.3 is 10.1 Å². The highest BCUT2D eigenvalue weighted by molar-refractivity contribution is 6.04. The molecule has 0 saturated heterocycles. The lowest BCUT2D eigenvalue weighted by Crippen LogP contribution is -2.26. The number of amides is 1. The van der Waals surface area contributed by atoms with Crippen LogP contribution in [0, 0.1) is 12.3 Å². The fourth-order valence-corrected chi connectivity index (χ4v) is 2.11. The molecule has 2 aromatic carbocycles. The highest BCUT2D eigenvalue weighted by atomic mass is 16.5. The number of ketones is 1. The van der Waals surface area contributed by atoms with Gasteiger partial charge in [-0.25, -0.2) is 4.79 Å². The van der Waals surface area contributed by atoms with Gasteiger partial charge in [0.05, 0.1) is 5.56 Å². The average Bonchev–Trinajstić information content (AvgIpc) is 2.59. The maximum atomic E-state index is 12.2. The molecular weight excluding hydrogens is 330 g/mol. The first-order chi connectivity index (χ1) is 12.2. The Morgan fingerprint density at radius 3 is 2.19 bits per heavy atom. The van der Waals surface area contributed by atoms with Crippen molar-refractivity contribution in [2.45, 2.75) is 27.7 Å². The molecule has 0 aliphatic heterocycles. The van der Waals surface area contributed by atoms with E-state index in [1.807, 2.05) is 19.1 Å². The van der Waals surface area contributed by atoms with Gasteiger partial charge >= 0.3 is 5.97 Å². The van der Waals surface area contributed by atoms with Crippen LogP contribution in [0.15, 0.2) is 48.5 Å². The molecule has 26 heavy (non-hydrogen) atoms. The second-order valence-corrected chi connectivity index (χ2v) is 7.15. The molecule has 0 aliphatic rings. The molecule has 2 rings (SSSR count). The second-order valence-electron chi connectivity index (χ2n) is 7.15. The minimum atomic E-state index is -0.570. The van der Waals surface area contributed by atoms with Crippen LogP contribution in [0.3, 0.4) is 0 Å². The zero-order valence-electron chi connectivity index (χ0n) is 15.5. The number of benzene rings is 2. The Hall–Kier alpha value is -2.95. The summed E-state index contributed by atoms with van der Waals surface area (Å²) < 4.78 is 5.04. The average molecular weight is 353 g/mol. The number of carbonyl (C=O) groups excluding carboxylic acids is 3. The summed E-state index contributed by atoms with van der Waals surface area (Å²) in [6, 6.07) is 13.6. The van der Waals surface area contributed by atoms with Crippen molar-refractivity contribution in [3.05, 3.63) is 65.2 Å². The Morgan fingerprint density at radius 2 is 1.62 bits per heavy atom. The Morgan fingerprint density at radius 1 is 0.962 bits per heavy atom. The molecule has 2 aromatic rings. The molecule has 136 valence electrons. The van der Waals surface area contributed by atoms with Crippen molar-refractivity contribution in [3.63, 3.8) is 0 Å². The van der Waals surface area contributed by atoms with Crippen LogP contribution in [0.5, 0.6) is 0 Å². The van der Waals surface area contributed by atoms with Gasteiger partial charge in [-0.15, -0.1) is 0 Å². The van der Waals surface area contributed by atoms with Gasteiger partial charge in [0, 0.05) is 16.7 Å². The van der Waals surface area contributed by atoms with Crippen molar-refractivity contribution in [2.75, 3.05) is 11.9 Å². The molecule has 5 heteroatoms. The fourth-order valence-electron chi connectivity index (χ4n) is 2.11. The van der Waals surface area contributed by atoms with Crippen LogP contribution in [-0.2, 0) is 9.53 Å². The van der Waals surface area contributed by atoms with E-state index in [2.05, 4.69) is 5.32 Å². The lowest BCUT2D eigenvalue weighted by molar-refractivity contribution is -0.129. The van der Waals surface area contributed by atoms with E-state index in [-0.39, 0.29) is 18.3 Å². The first kappa shape index (κ1) is 19.4. The zero-order chi connectivity index (χ0) is 19.3. The Labute approximate surface area is 153 Å². The largest absolute Gasteiger partial charge is 0.454 e. The number of ether oxygens (including phenoxy) is 1. The molecule has 0 aromatic heterocycles. The first-order valence-electron chi connectivity index (χ1n) is 8.35. The third-order valence-electron chi connectivity index (χ3n) is 3.83. The maximum absolute atomic E-state index is 12.2. The molecule has 0 unspecified atom stereocenters. The lowest BCUT2D eigenvalue weighted by Gasteiger charge is -2.16. The van der Waals surface area contributed by atoms with Crippen LogP contribution in [0.2, 0.25) is 0 Å². The van der Waals surface area contributed by atoms with E-state index in [1.165, 1.54) is 0 Å². The number of esters is 1. The summed E-state index contributed by atoms with van der Waals surface area (Å²) in [7, 11) is 0. The van der Waals surface area contributed by atoms with Crippen LogP contribution >= 0.6 is 0 Å². The summed E-state index contributed by atoms with van der Waals surface area (Å²) >= 11 is 0. The summed E-state index contributed by atoms with van der Waals surface area (Å²) in [5.74, 6) is -0.938. The minimum Gasteiger partial charge on any atom is -0.454 e. The highest BCUT2D eigenvalue weighted by Gasteiger charge is 2.22. The first-order valence-corrected chi connectivity index (χ1v) is 8.35. The van der Waals surface area contributed by atoms with Crippen molar-refractivity contribution < 1.29 is 19.1 Å². The Bertz CT molecular complexity index is 817. The number of nitrogens with one attached hydrogen (secondary N) is 1. The van der Waals surface area contributed by atoms with Gasteiger partial charge in [-0.3, -0.25) is 9.59 Å². The van der Waals surface area contributed by atoms with Crippen molar-refractivity contribution in [1.82, 2.24) is 0 Å². The van der Waals surface area contributed by atoms with E-state index in [0.29, 0.717) is 16.8 Å². The van der Waals surface area contributed by atoms with Gasteiger partial charge in [0.1, 0.15) is 0 Å². The van der Waals surface area contributed by atoms with Gasteiger partial charge in [0.15, 0.2) is 12.4 Å². The van der Waals surface area contributed by atoms with E-state index in [9.17, 15) is 14.4 Å². The predicted octanol–water partition coefficient (Wildman–Crippen LogP) is 4.02. The van der Waals surface area contributed by atoms with E-state index in [0.717, 1.165) is 5.56 Å². The van der Waals surface area contributed by atoms with Crippen molar-refractivity contribution >= 4 is 23.3 Å². The molecule has 0 bridgehead atoms. The lowest BCUT2D eigenvalue weighted by atomic mass is 9.91. The summed E-state index contributed by atoms with van der Waals surface area (Å²) in [6.07, 6.45) is 0. The van der Waals surface area contributed by atoms with E-state index < -0.39 is 11.4 Å². The molecule has 0 spiro atoms. The third-order valence-corrected chi connectivity index (χ3v) is 3.83. The third kappa shape index (κ3) is 5.28. The van der Waals surface area contributed by atoms with E-state index in [4.69, 9.17) is 4.74 Å². The number of aryl methyl sites for hydroxylation is 1. The second kappa shape index (κ2) is 7.95. The normalized spacial score (nSPS) is 10.9. The van der Waals surface area contributed by atoms with E-state index in [1.54, 1.807) is 57.2 Å². The summed E-state index contributed by atoms with van der Waals surface area (Å²) in [5.41, 5.74) is 1.90. The van der Waals surface area contributed by atoms with Gasteiger partial charge in [-0.05, 0) is 43.3 Å². The van der Waals surface area contributed by atoms with Gasteiger partial charge in [0.2, 0.25) is 0 Å². The van der Waals surface area contributed by atoms with Crippen LogP contribution in [0.1, 0.15) is 47.1 Å². The van der Waals surface area contributed by atoms with Gasteiger partial charge in [-0.2, -0.15) is 0 Å². The van der Waals surface area contributed by atoms with Gasteiger partial charge in [-0.1, -0.05) is 38.5 Å². The number of anilines is 1. The number of carbonyl (C=O) groups is 3. The standard InChI is InChI=1S/C21H23NO4/c1-14-6-5-7-16(12-14)19(24)22-17-10-8-15(9-11-17)20(25)26-13-18(23)21(2,3)4/h5-12H,13H2,1-4H3,(H,22,24). The number of hydrogen-bond acceptors (Lipinski definition) is 4. The molecule has 0 aliphatic carbocycles. The topological polar surface area (TPSA) is 72.5 Å². The SMILES string of the molecule is Cc1cccc(C(=O)Nc2ccc(C(=O)OCC(=O)C(C)(C)C)cc2)c1. The molecule has 0 fully saturated rings. The van der Waals surface area contributed by atoms with Crippen LogP contribution in [-0.4, -0.2) is 24.3 Å². The number of Topliss-reactive ketones (excluding diaryl/α,β-unsaturated/α-hetero) is 1. The van der Waals surface area contributed by atoms with Crippen LogP contribution < -0.4 is 5.32 Å². The molecule has 0 atom stereocenters. The molecule has 1 N–H and O–H groups in total. The molecular formula is C21H23NO4. The zero-order valence-corrected chi connectivity index (χ0v) is 15.5. The number of hydrogen-bond donors (Lipinski definition) is 1. The Balaban J connectivity index is 1.96. The highest BCUT2D eigenvalue weighted by Crippen LogP contribution is 2.16. The molecule has 1 amide bonds. The summed E-state index contributed by atoms with van der Waals surface area (Å²) in [6.45, 7) is 6.98. The molecule has 0 radical (unpaired) electrons. The molecule has 0 heterocycles. The number of rotatable bonds is 5. The quantitative estimate of drug-likeness (QED) is 0.824. The van der Waals surface area contributed by atoms with Gasteiger partial charge in [0.25, 0.3) is 5.91 Å². The summed E-state index contributed by atoms with van der Waals surface area (Å²) in [4.78, 5) is 36.0. The summed E-state index contributed by atoms with van der Waals surface area (Å²) in [5, 5.41) is 2.78. The smallest absolute Gasteiger partial charge is 0.338 e. The van der Waals surface area contributed by atoms with Crippen LogP contribution in [0.25, 0.3) is 0 Å². The minimum absolute atomic E-state index is 0.145. The van der Waals surface area contributed by atoms with E-state index >= 15 is 0 Å². The molecule has 0 saturated carbocycles. The predicted molar refractivity (Wildman–Crippen MR) is 100 cm³/mol. The van der Waals surface area contributed by atoms with Crippen LogP contribution in [0.4, 0.5) is 5.69 Å².